The van der Waals surface area contributed by atoms with Gasteiger partial charge in [-0.1, -0.05) is 24.3 Å². The van der Waals surface area contributed by atoms with Gasteiger partial charge < -0.3 is 9.67 Å². The van der Waals surface area contributed by atoms with Crippen LogP contribution >= 0.6 is 0 Å². The van der Waals surface area contributed by atoms with E-state index < -0.39 is 11.0 Å². The lowest BCUT2D eigenvalue weighted by molar-refractivity contribution is -0.385. The van der Waals surface area contributed by atoms with Gasteiger partial charge in [-0.15, -0.1) is 0 Å². The first-order valence-electron chi connectivity index (χ1n) is 7.97. The lowest BCUT2D eigenvalue weighted by atomic mass is 10.1. The van der Waals surface area contributed by atoms with Gasteiger partial charge in [-0.25, -0.2) is 4.98 Å². The number of non-ortho nitro benzene ring substituents is 1. The molecule has 25 heavy (non-hydrogen) atoms. The molecule has 1 unspecified atom stereocenters. The summed E-state index contributed by atoms with van der Waals surface area (Å²) in [5, 5.41) is 21.3. The fraction of sp³-hybridized carbons (Fsp3) is 0.278. The van der Waals surface area contributed by atoms with Crippen LogP contribution in [0.15, 0.2) is 48.5 Å². The third kappa shape index (κ3) is 3.67. The van der Waals surface area contributed by atoms with Crippen molar-refractivity contribution in [1.29, 1.82) is 0 Å². The molecule has 7 nitrogen and oxygen atoms in total. The minimum Gasteiger partial charge on any atom is -0.387 e. The van der Waals surface area contributed by atoms with Crippen LogP contribution in [0.4, 0.5) is 5.69 Å². The van der Waals surface area contributed by atoms with Crippen LogP contribution < -0.4 is 0 Å². The number of aryl methyl sites for hydroxylation is 1. The number of imidazole rings is 1. The molecular formula is C18H20N4O3. The number of nitro groups is 1. The molecule has 0 fully saturated rings. The largest absolute Gasteiger partial charge is 0.387 e. The van der Waals surface area contributed by atoms with E-state index in [4.69, 9.17) is 0 Å². The molecule has 7 heteroatoms. The first-order chi connectivity index (χ1) is 12.0. The predicted molar refractivity (Wildman–Crippen MR) is 95.1 cm³/mol. The summed E-state index contributed by atoms with van der Waals surface area (Å²) in [5.41, 5.74) is 2.51. The predicted octanol–water partition coefficient (Wildman–Crippen LogP) is 2.65. The highest BCUT2D eigenvalue weighted by Gasteiger charge is 2.16. The Labute approximate surface area is 145 Å². The van der Waals surface area contributed by atoms with Gasteiger partial charge in [0.25, 0.3) is 5.69 Å². The highest BCUT2D eigenvalue weighted by atomic mass is 16.6. The quantitative estimate of drug-likeness (QED) is 0.551. The van der Waals surface area contributed by atoms with Crippen molar-refractivity contribution in [3.8, 4) is 0 Å². The molecule has 130 valence electrons. The summed E-state index contributed by atoms with van der Waals surface area (Å²) < 4.78 is 2.03. The molecule has 0 spiro atoms. The number of nitrogens with zero attached hydrogens (tertiary/aromatic N) is 4. The molecule has 3 aromatic rings. The van der Waals surface area contributed by atoms with Crippen molar-refractivity contribution in [1.82, 2.24) is 14.5 Å². The highest BCUT2D eigenvalue weighted by molar-refractivity contribution is 5.75. The zero-order chi connectivity index (χ0) is 18.0. The molecule has 0 radical (unpaired) electrons. The zero-order valence-electron chi connectivity index (χ0n) is 14.2. The minimum atomic E-state index is -0.806. The standard InChI is InChI=1S/C18H20N4O3/c1-20(11-17(23)13-6-5-7-14(10-13)22(24)25)12-18-19-15-8-3-4-9-16(15)21(18)2/h3-10,17,23H,11-12H2,1-2H3. The highest BCUT2D eigenvalue weighted by Crippen LogP contribution is 2.21. The van der Waals surface area contributed by atoms with Gasteiger partial charge in [0.2, 0.25) is 0 Å². The van der Waals surface area contributed by atoms with Crippen molar-refractivity contribution in [2.24, 2.45) is 7.05 Å². The molecule has 1 heterocycles. The van der Waals surface area contributed by atoms with Crippen LogP contribution in [0.2, 0.25) is 0 Å². The summed E-state index contributed by atoms with van der Waals surface area (Å²) in [6.07, 6.45) is -0.806. The number of para-hydroxylation sites is 2. The Hall–Kier alpha value is -2.77. The van der Waals surface area contributed by atoms with E-state index in [0.29, 0.717) is 18.7 Å². The van der Waals surface area contributed by atoms with E-state index >= 15 is 0 Å². The first kappa shape index (κ1) is 17.1. The number of nitro benzene ring substituents is 1. The summed E-state index contributed by atoms with van der Waals surface area (Å²) in [6, 6.07) is 14.0. The van der Waals surface area contributed by atoms with Crippen LogP contribution in [0.25, 0.3) is 11.0 Å². The van der Waals surface area contributed by atoms with Gasteiger partial charge in [-0.2, -0.15) is 0 Å². The average molecular weight is 340 g/mol. The smallest absolute Gasteiger partial charge is 0.269 e. The molecule has 0 saturated carbocycles. The van der Waals surface area contributed by atoms with Gasteiger partial charge in [0.15, 0.2) is 0 Å². The van der Waals surface area contributed by atoms with E-state index in [2.05, 4.69) is 4.98 Å². The molecule has 1 N–H and O–H groups in total. The van der Waals surface area contributed by atoms with Gasteiger partial charge in [-0.3, -0.25) is 15.0 Å². The van der Waals surface area contributed by atoms with E-state index in [9.17, 15) is 15.2 Å². The van der Waals surface area contributed by atoms with Crippen molar-refractivity contribution in [2.75, 3.05) is 13.6 Å². The Bertz CT molecular complexity index is 906. The molecule has 0 saturated heterocycles. The second-order valence-corrected chi connectivity index (χ2v) is 6.14. The van der Waals surface area contributed by atoms with E-state index in [1.54, 1.807) is 12.1 Å². The summed E-state index contributed by atoms with van der Waals surface area (Å²) >= 11 is 0. The topological polar surface area (TPSA) is 84.4 Å². The number of benzene rings is 2. The number of rotatable bonds is 6. The molecule has 0 bridgehead atoms. The second-order valence-electron chi connectivity index (χ2n) is 6.14. The van der Waals surface area contributed by atoms with Gasteiger partial charge in [0.05, 0.1) is 28.6 Å². The van der Waals surface area contributed by atoms with Gasteiger partial charge >= 0.3 is 0 Å². The fourth-order valence-electron chi connectivity index (χ4n) is 2.89. The number of hydrogen-bond donors (Lipinski definition) is 1. The van der Waals surface area contributed by atoms with Crippen molar-refractivity contribution < 1.29 is 10.0 Å². The van der Waals surface area contributed by atoms with Crippen LogP contribution in [0.5, 0.6) is 0 Å². The zero-order valence-corrected chi connectivity index (χ0v) is 14.2. The molecular weight excluding hydrogens is 320 g/mol. The average Bonchev–Trinajstić information content (AvgIpc) is 2.91. The lowest BCUT2D eigenvalue weighted by Crippen LogP contribution is -2.25. The number of likely N-dealkylation sites (N-methyl/N-ethyl adjacent to an activating group) is 1. The van der Waals surface area contributed by atoms with Crippen LogP contribution in [0.3, 0.4) is 0 Å². The van der Waals surface area contributed by atoms with Crippen molar-refractivity contribution in [3.63, 3.8) is 0 Å². The molecule has 0 aliphatic heterocycles. The lowest BCUT2D eigenvalue weighted by Gasteiger charge is -2.20. The monoisotopic (exact) mass is 340 g/mol. The Morgan fingerprint density at radius 3 is 2.76 bits per heavy atom. The molecule has 0 aliphatic rings. The Kier molecular flexibility index (Phi) is 4.78. The molecule has 0 amide bonds. The first-order valence-corrected chi connectivity index (χ1v) is 7.97. The summed E-state index contributed by atoms with van der Waals surface area (Å²) in [7, 11) is 3.86. The maximum absolute atomic E-state index is 10.9. The van der Waals surface area contributed by atoms with Crippen LogP contribution in [0.1, 0.15) is 17.5 Å². The number of aromatic nitrogens is 2. The third-order valence-corrected chi connectivity index (χ3v) is 4.24. The number of hydrogen-bond acceptors (Lipinski definition) is 5. The maximum atomic E-state index is 10.9. The Morgan fingerprint density at radius 1 is 1.28 bits per heavy atom. The van der Waals surface area contributed by atoms with Gasteiger partial charge in [0.1, 0.15) is 5.82 Å². The van der Waals surface area contributed by atoms with E-state index in [-0.39, 0.29) is 5.69 Å². The van der Waals surface area contributed by atoms with Crippen molar-refractivity contribution in [2.45, 2.75) is 12.6 Å². The SMILES string of the molecule is CN(Cc1nc2ccccc2n1C)CC(O)c1cccc([N+](=O)[O-])c1. The Morgan fingerprint density at radius 2 is 2.04 bits per heavy atom. The summed E-state index contributed by atoms with van der Waals surface area (Å²) in [5.74, 6) is 0.898. The van der Waals surface area contributed by atoms with Crippen LogP contribution in [0, 0.1) is 10.1 Å². The Balaban J connectivity index is 1.71. The molecule has 3 rings (SSSR count). The number of aliphatic hydroxyl groups excluding tert-OH is 1. The maximum Gasteiger partial charge on any atom is 0.269 e. The number of aliphatic hydroxyl groups is 1. The van der Waals surface area contributed by atoms with Crippen LogP contribution in [-0.2, 0) is 13.6 Å². The summed E-state index contributed by atoms with van der Waals surface area (Å²) in [6.45, 7) is 0.918. The number of fused-ring (bicyclic) bond motifs is 1. The second kappa shape index (κ2) is 7.00. The normalized spacial score (nSPS) is 12.6. The van der Waals surface area contributed by atoms with Crippen LogP contribution in [-0.4, -0.2) is 38.1 Å². The van der Waals surface area contributed by atoms with E-state index in [1.165, 1.54) is 12.1 Å². The van der Waals surface area contributed by atoms with Gasteiger partial charge in [-0.05, 0) is 24.7 Å². The fourth-order valence-corrected chi connectivity index (χ4v) is 2.89. The third-order valence-electron chi connectivity index (χ3n) is 4.24. The van der Waals surface area contributed by atoms with Gasteiger partial charge in [0, 0.05) is 25.7 Å². The molecule has 1 atom stereocenters. The summed E-state index contributed by atoms with van der Waals surface area (Å²) in [4.78, 5) is 17.0. The molecule has 0 aliphatic carbocycles. The molecule has 1 aromatic heterocycles. The van der Waals surface area contributed by atoms with E-state index in [1.807, 2.05) is 47.8 Å². The molecule has 2 aromatic carbocycles. The van der Waals surface area contributed by atoms with Crippen molar-refractivity contribution in [3.05, 3.63) is 70.0 Å². The van der Waals surface area contributed by atoms with Crippen molar-refractivity contribution >= 4 is 16.7 Å². The minimum absolute atomic E-state index is 0.0189. The van der Waals surface area contributed by atoms with E-state index in [0.717, 1.165) is 16.9 Å².